The van der Waals surface area contributed by atoms with Gasteiger partial charge in [0.25, 0.3) is 0 Å². The van der Waals surface area contributed by atoms with E-state index in [4.69, 9.17) is 5.73 Å². The maximum absolute atomic E-state index is 13.9. The van der Waals surface area contributed by atoms with Crippen LogP contribution in [0.2, 0.25) is 0 Å². The average Bonchev–Trinajstić information content (AvgIpc) is 2.80. The number of rotatable bonds is 4. The second kappa shape index (κ2) is 5.63. The van der Waals surface area contributed by atoms with Gasteiger partial charge in [0, 0.05) is 30.8 Å². The smallest absolute Gasteiger partial charge is 0.305 e. The quantitative estimate of drug-likeness (QED) is 0.668. The number of benzene rings is 1. The summed E-state index contributed by atoms with van der Waals surface area (Å²) >= 11 is 0. The Morgan fingerprint density at radius 3 is 2.95 bits per heavy atom. The third-order valence-corrected chi connectivity index (χ3v) is 3.70. The average molecular weight is 267 g/mol. The Balaban J connectivity index is 2.08. The maximum atomic E-state index is 13.9. The molecular weight excluding hydrogens is 249 g/mol. The zero-order chi connectivity index (χ0) is 14.0. The molecule has 0 radical (unpaired) electrons. The van der Waals surface area contributed by atoms with Crippen molar-refractivity contribution in [2.24, 2.45) is 11.7 Å². The predicted molar refractivity (Wildman–Crippen MR) is 70.1 cm³/mol. The lowest BCUT2D eigenvalue weighted by Crippen LogP contribution is -2.29. The number of hydrogen-bond donors (Lipinski definition) is 1. The van der Waals surface area contributed by atoms with Gasteiger partial charge in [-0.15, -0.1) is 0 Å². The van der Waals surface area contributed by atoms with Gasteiger partial charge in [0.1, 0.15) is 0 Å². The van der Waals surface area contributed by atoms with Crippen LogP contribution in [-0.2, 0) is 6.54 Å². The minimum Gasteiger partial charge on any atom is -0.328 e. The summed E-state index contributed by atoms with van der Waals surface area (Å²) in [5.74, 6) is -0.307. The Morgan fingerprint density at radius 1 is 1.63 bits per heavy atom. The van der Waals surface area contributed by atoms with Crippen molar-refractivity contribution in [3.8, 4) is 0 Å². The van der Waals surface area contributed by atoms with E-state index in [1.165, 1.54) is 12.1 Å². The van der Waals surface area contributed by atoms with Gasteiger partial charge < -0.3 is 5.73 Å². The van der Waals surface area contributed by atoms with Crippen molar-refractivity contribution in [3.63, 3.8) is 0 Å². The summed E-state index contributed by atoms with van der Waals surface area (Å²) in [6, 6.07) is 4.44. The van der Waals surface area contributed by atoms with E-state index in [0.717, 1.165) is 19.5 Å². The number of nitrogens with two attached hydrogens (primary N) is 1. The lowest BCUT2D eigenvalue weighted by Gasteiger charge is -2.18. The Labute approximate surface area is 111 Å². The van der Waals surface area contributed by atoms with Gasteiger partial charge in [-0.05, 0) is 25.8 Å². The van der Waals surface area contributed by atoms with Gasteiger partial charge in [-0.1, -0.05) is 12.1 Å². The first kappa shape index (κ1) is 13.9. The number of halogens is 1. The van der Waals surface area contributed by atoms with Crippen molar-refractivity contribution in [3.05, 3.63) is 39.7 Å². The lowest BCUT2D eigenvalue weighted by molar-refractivity contribution is -0.387. The summed E-state index contributed by atoms with van der Waals surface area (Å²) in [6.07, 6.45) is 0.994. The van der Waals surface area contributed by atoms with E-state index < -0.39 is 16.4 Å². The van der Waals surface area contributed by atoms with Crippen molar-refractivity contribution in [2.45, 2.75) is 25.9 Å². The van der Waals surface area contributed by atoms with Gasteiger partial charge in [-0.3, -0.25) is 15.0 Å². The van der Waals surface area contributed by atoms with Crippen molar-refractivity contribution in [2.75, 3.05) is 13.1 Å². The highest BCUT2D eigenvalue weighted by molar-refractivity contribution is 5.36. The van der Waals surface area contributed by atoms with Gasteiger partial charge in [-0.2, -0.15) is 4.39 Å². The first-order valence-corrected chi connectivity index (χ1v) is 6.38. The zero-order valence-corrected chi connectivity index (χ0v) is 10.9. The monoisotopic (exact) mass is 267 g/mol. The topological polar surface area (TPSA) is 72.4 Å². The van der Waals surface area contributed by atoms with Crippen LogP contribution in [0.1, 0.15) is 18.9 Å². The van der Waals surface area contributed by atoms with E-state index in [-0.39, 0.29) is 6.04 Å². The van der Waals surface area contributed by atoms with Gasteiger partial charge in [-0.25, -0.2) is 0 Å². The Bertz CT molecular complexity index is 479. The minimum absolute atomic E-state index is 0.125. The van der Waals surface area contributed by atoms with Gasteiger partial charge >= 0.3 is 5.69 Å². The molecule has 5 nitrogen and oxygen atoms in total. The minimum atomic E-state index is -0.725. The summed E-state index contributed by atoms with van der Waals surface area (Å²) in [4.78, 5) is 12.1. The molecule has 1 aromatic carbocycles. The van der Waals surface area contributed by atoms with Crippen LogP contribution in [0.25, 0.3) is 0 Å². The highest BCUT2D eigenvalue weighted by Gasteiger charge is 2.26. The molecule has 0 amide bonds. The summed E-state index contributed by atoms with van der Waals surface area (Å²) < 4.78 is 13.9. The molecule has 2 atom stereocenters. The molecule has 0 aliphatic carbocycles. The van der Waals surface area contributed by atoms with Crippen LogP contribution in [0.3, 0.4) is 0 Å². The van der Waals surface area contributed by atoms with Gasteiger partial charge in [0.2, 0.25) is 5.82 Å². The number of nitrogens with zero attached hydrogens (tertiary/aromatic N) is 2. The second-order valence-corrected chi connectivity index (χ2v) is 5.15. The SMILES string of the molecule is CC(N)C1CCN(Cc2cccc([N+](=O)[O-])c2F)C1. The number of nitro benzene ring substituents is 1. The fraction of sp³-hybridized carbons (Fsp3) is 0.538. The number of likely N-dealkylation sites (tertiary alicyclic amines) is 1. The van der Waals surface area contributed by atoms with E-state index in [1.807, 2.05) is 6.92 Å². The largest absolute Gasteiger partial charge is 0.328 e. The fourth-order valence-electron chi connectivity index (χ4n) is 2.51. The van der Waals surface area contributed by atoms with E-state index in [0.29, 0.717) is 18.0 Å². The van der Waals surface area contributed by atoms with Gasteiger partial charge in [0.05, 0.1) is 4.92 Å². The van der Waals surface area contributed by atoms with Crippen LogP contribution in [0.5, 0.6) is 0 Å². The van der Waals surface area contributed by atoms with Crippen LogP contribution in [0.15, 0.2) is 18.2 Å². The molecular formula is C13H18FN3O2. The van der Waals surface area contributed by atoms with Crippen LogP contribution in [0.4, 0.5) is 10.1 Å². The molecule has 6 heteroatoms. The molecule has 2 N–H and O–H groups in total. The molecule has 1 aliphatic heterocycles. The fourth-order valence-corrected chi connectivity index (χ4v) is 2.51. The number of nitro groups is 1. The van der Waals surface area contributed by atoms with Crippen molar-refractivity contribution < 1.29 is 9.31 Å². The van der Waals surface area contributed by atoms with E-state index in [1.54, 1.807) is 6.07 Å². The standard InChI is InChI=1S/C13H18FN3O2/c1-9(15)10-5-6-16(7-10)8-11-3-2-4-12(13(11)14)17(18)19/h2-4,9-10H,5-8,15H2,1H3. The molecule has 0 spiro atoms. The summed E-state index contributed by atoms with van der Waals surface area (Å²) in [6.45, 7) is 4.05. The summed E-state index contributed by atoms with van der Waals surface area (Å²) in [5.41, 5.74) is 5.77. The highest BCUT2D eigenvalue weighted by Crippen LogP contribution is 2.25. The third-order valence-electron chi connectivity index (χ3n) is 3.70. The lowest BCUT2D eigenvalue weighted by atomic mass is 10.0. The Morgan fingerprint density at radius 2 is 2.37 bits per heavy atom. The van der Waals surface area contributed by atoms with Crippen LogP contribution < -0.4 is 5.73 Å². The molecule has 2 rings (SSSR count). The van der Waals surface area contributed by atoms with Crippen molar-refractivity contribution in [1.82, 2.24) is 4.90 Å². The highest BCUT2D eigenvalue weighted by atomic mass is 19.1. The van der Waals surface area contributed by atoms with Crippen LogP contribution in [-0.4, -0.2) is 29.0 Å². The number of hydrogen-bond acceptors (Lipinski definition) is 4. The molecule has 1 fully saturated rings. The zero-order valence-electron chi connectivity index (χ0n) is 10.9. The molecule has 104 valence electrons. The Hall–Kier alpha value is -1.53. The van der Waals surface area contributed by atoms with Crippen LogP contribution >= 0.6 is 0 Å². The Kier molecular flexibility index (Phi) is 4.11. The van der Waals surface area contributed by atoms with E-state index in [2.05, 4.69) is 4.90 Å². The normalized spacial score (nSPS) is 21.5. The van der Waals surface area contributed by atoms with Crippen LogP contribution in [0, 0.1) is 21.8 Å². The van der Waals surface area contributed by atoms with E-state index in [9.17, 15) is 14.5 Å². The summed E-state index contributed by atoms with van der Waals surface area (Å²) in [5, 5.41) is 10.7. The van der Waals surface area contributed by atoms with Crippen molar-refractivity contribution >= 4 is 5.69 Å². The molecule has 1 aliphatic rings. The molecule has 0 saturated carbocycles. The molecule has 2 unspecified atom stereocenters. The van der Waals surface area contributed by atoms with E-state index >= 15 is 0 Å². The first-order chi connectivity index (χ1) is 8.99. The van der Waals surface area contributed by atoms with Gasteiger partial charge in [0.15, 0.2) is 0 Å². The first-order valence-electron chi connectivity index (χ1n) is 6.38. The molecule has 1 heterocycles. The van der Waals surface area contributed by atoms with Crippen molar-refractivity contribution in [1.29, 1.82) is 0 Å². The maximum Gasteiger partial charge on any atom is 0.305 e. The second-order valence-electron chi connectivity index (χ2n) is 5.15. The molecule has 19 heavy (non-hydrogen) atoms. The molecule has 0 bridgehead atoms. The summed E-state index contributed by atoms with van der Waals surface area (Å²) in [7, 11) is 0. The predicted octanol–water partition coefficient (Wildman–Crippen LogP) is 1.90. The third kappa shape index (κ3) is 3.08. The molecule has 0 aromatic heterocycles. The molecule has 1 aromatic rings. The molecule has 1 saturated heterocycles.